The maximum Gasteiger partial charge on any atom is 0.222 e. The summed E-state index contributed by atoms with van der Waals surface area (Å²) in [6.45, 7) is 3.96. The number of hydrogen-bond acceptors (Lipinski definition) is 3. The Kier molecular flexibility index (Phi) is 2.81. The topological polar surface area (TPSA) is 56.0 Å². The van der Waals surface area contributed by atoms with Gasteiger partial charge in [0.1, 0.15) is 0 Å². The summed E-state index contributed by atoms with van der Waals surface area (Å²) in [7, 11) is 0. The first-order chi connectivity index (χ1) is 5.63. The van der Waals surface area contributed by atoms with Gasteiger partial charge in [0, 0.05) is 4.88 Å². The fourth-order valence-corrected chi connectivity index (χ4v) is 1.98. The van der Waals surface area contributed by atoms with E-state index in [1.54, 1.807) is 11.3 Å². The van der Waals surface area contributed by atoms with Crippen molar-refractivity contribution in [1.29, 1.82) is 0 Å². The maximum atomic E-state index is 10.6. The first-order valence-corrected chi connectivity index (χ1v) is 4.68. The molecule has 0 spiro atoms. The van der Waals surface area contributed by atoms with E-state index in [1.807, 2.05) is 13.8 Å². The van der Waals surface area contributed by atoms with Crippen LogP contribution in [0.2, 0.25) is 0 Å². The van der Waals surface area contributed by atoms with Crippen molar-refractivity contribution in [1.82, 2.24) is 4.98 Å². The van der Waals surface area contributed by atoms with Crippen molar-refractivity contribution in [2.24, 2.45) is 5.73 Å². The van der Waals surface area contributed by atoms with Crippen LogP contribution in [0.15, 0.2) is 0 Å². The second kappa shape index (κ2) is 3.67. The minimum Gasteiger partial charge on any atom is -0.369 e. The van der Waals surface area contributed by atoms with Gasteiger partial charge in [-0.15, -0.1) is 11.3 Å². The number of nitrogens with zero attached hydrogens (tertiary/aromatic N) is 1. The molecule has 3 nitrogen and oxygen atoms in total. The highest BCUT2D eigenvalue weighted by molar-refractivity contribution is 7.11. The summed E-state index contributed by atoms with van der Waals surface area (Å²) in [5.74, 6) is -0.288. The third-order valence-electron chi connectivity index (χ3n) is 1.57. The molecule has 12 heavy (non-hydrogen) atoms. The van der Waals surface area contributed by atoms with Crippen molar-refractivity contribution in [2.45, 2.75) is 26.7 Å². The van der Waals surface area contributed by atoms with Crippen LogP contribution >= 0.6 is 11.3 Å². The van der Waals surface area contributed by atoms with E-state index in [2.05, 4.69) is 4.98 Å². The van der Waals surface area contributed by atoms with Crippen molar-refractivity contribution in [3.63, 3.8) is 0 Å². The first kappa shape index (κ1) is 9.19. The Hall–Kier alpha value is -0.900. The van der Waals surface area contributed by atoms with E-state index in [9.17, 15) is 4.79 Å². The van der Waals surface area contributed by atoms with Gasteiger partial charge in [0.15, 0.2) is 0 Å². The van der Waals surface area contributed by atoms with Crippen LogP contribution < -0.4 is 5.73 Å². The molecule has 1 heterocycles. The van der Waals surface area contributed by atoms with Crippen molar-refractivity contribution < 1.29 is 4.79 Å². The molecule has 66 valence electrons. The number of thiazole rings is 1. The van der Waals surface area contributed by atoms with Crippen LogP contribution in [0.25, 0.3) is 0 Å². The van der Waals surface area contributed by atoms with E-state index in [0.717, 1.165) is 22.0 Å². The molecule has 0 bridgehead atoms. The van der Waals surface area contributed by atoms with Gasteiger partial charge in [-0.3, -0.25) is 4.79 Å². The van der Waals surface area contributed by atoms with Crippen molar-refractivity contribution in [3.05, 3.63) is 15.6 Å². The fraction of sp³-hybridized carbons (Fsp3) is 0.500. The molecule has 0 radical (unpaired) electrons. The van der Waals surface area contributed by atoms with E-state index < -0.39 is 0 Å². The monoisotopic (exact) mass is 184 g/mol. The molecular weight excluding hydrogens is 172 g/mol. The van der Waals surface area contributed by atoms with Crippen LogP contribution in [0.1, 0.15) is 22.5 Å². The molecule has 2 N–H and O–H groups in total. The molecule has 1 amide bonds. The molecule has 0 aliphatic rings. The van der Waals surface area contributed by atoms with E-state index in [1.165, 1.54) is 0 Å². The lowest BCUT2D eigenvalue weighted by atomic mass is 10.3. The van der Waals surface area contributed by atoms with Gasteiger partial charge in [-0.05, 0) is 13.3 Å². The predicted octanol–water partition coefficient (Wildman–Crippen LogP) is 1.04. The first-order valence-electron chi connectivity index (χ1n) is 3.87. The molecule has 1 rings (SSSR count). The molecular formula is C8H12N2OS. The van der Waals surface area contributed by atoms with Crippen molar-refractivity contribution in [2.75, 3.05) is 0 Å². The van der Waals surface area contributed by atoms with Crippen LogP contribution in [0.4, 0.5) is 0 Å². The Morgan fingerprint density at radius 3 is 2.75 bits per heavy atom. The molecule has 0 atom stereocenters. The fourth-order valence-electron chi connectivity index (χ4n) is 0.962. The lowest BCUT2D eigenvalue weighted by molar-refractivity contribution is -0.117. The summed E-state index contributed by atoms with van der Waals surface area (Å²) >= 11 is 1.58. The van der Waals surface area contributed by atoms with Gasteiger partial charge in [-0.2, -0.15) is 0 Å². The highest BCUT2D eigenvalue weighted by Gasteiger charge is 2.07. The van der Waals surface area contributed by atoms with E-state index in [4.69, 9.17) is 5.73 Å². The van der Waals surface area contributed by atoms with E-state index in [-0.39, 0.29) is 5.91 Å². The summed E-state index contributed by atoms with van der Waals surface area (Å²) in [5.41, 5.74) is 6.02. The molecule has 4 heteroatoms. The summed E-state index contributed by atoms with van der Waals surface area (Å²) in [4.78, 5) is 15.9. The normalized spacial score (nSPS) is 10.2. The second-order valence-electron chi connectivity index (χ2n) is 2.61. The minimum atomic E-state index is -0.288. The third kappa shape index (κ3) is 2.04. The zero-order chi connectivity index (χ0) is 9.14. The van der Waals surface area contributed by atoms with Crippen molar-refractivity contribution >= 4 is 17.2 Å². The molecule has 0 unspecified atom stereocenters. The predicted molar refractivity (Wildman–Crippen MR) is 49.1 cm³/mol. The molecule has 0 aliphatic carbocycles. The molecule has 1 aromatic heterocycles. The second-order valence-corrected chi connectivity index (χ2v) is 3.78. The highest BCUT2D eigenvalue weighted by atomic mass is 32.1. The van der Waals surface area contributed by atoms with Crippen molar-refractivity contribution in [3.8, 4) is 0 Å². The number of rotatable bonds is 3. The maximum absolute atomic E-state index is 10.6. The van der Waals surface area contributed by atoms with Gasteiger partial charge >= 0.3 is 0 Å². The Labute approximate surface area is 75.6 Å². The summed E-state index contributed by atoms with van der Waals surface area (Å²) < 4.78 is 0. The summed E-state index contributed by atoms with van der Waals surface area (Å²) in [6, 6.07) is 0. The Morgan fingerprint density at radius 1 is 1.67 bits per heavy atom. The smallest absolute Gasteiger partial charge is 0.222 e. The van der Waals surface area contributed by atoms with Crippen LogP contribution in [0, 0.1) is 6.92 Å². The number of hydrogen-bond donors (Lipinski definition) is 1. The standard InChI is InChI=1S/C8H12N2OS/c1-3-8-10-5(2)6(12-8)4-7(9)11/h3-4H2,1-2H3,(H2,9,11). The Morgan fingerprint density at radius 2 is 2.33 bits per heavy atom. The number of carbonyl (C=O) groups excluding carboxylic acids is 1. The highest BCUT2D eigenvalue weighted by Crippen LogP contribution is 2.18. The Balaban J connectivity index is 2.84. The lowest BCUT2D eigenvalue weighted by Crippen LogP contribution is -2.13. The lowest BCUT2D eigenvalue weighted by Gasteiger charge is -1.90. The number of aromatic nitrogens is 1. The van der Waals surface area contributed by atoms with E-state index >= 15 is 0 Å². The SMILES string of the molecule is CCc1nc(C)c(CC(N)=O)s1. The number of primary amides is 1. The largest absolute Gasteiger partial charge is 0.369 e. The van der Waals surface area contributed by atoms with Crippen LogP contribution in [-0.4, -0.2) is 10.9 Å². The summed E-state index contributed by atoms with van der Waals surface area (Å²) in [6.07, 6.45) is 1.24. The molecule has 0 aliphatic heterocycles. The van der Waals surface area contributed by atoms with Crippen LogP contribution in [-0.2, 0) is 17.6 Å². The van der Waals surface area contributed by atoms with Crippen LogP contribution in [0.5, 0.6) is 0 Å². The van der Waals surface area contributed by atoms with Gasteiger partial charge in [-0.25, -0.2) is 4.98 Å². The molecule has 0 saturated heterocycles. The molecule has 0 saturated carbocycles. The van der Waals surface area contributed by atoms with Crippen LogP contribution in [0.3, 0.4) is 0 Å². The number of carbonyl (C=O) groups is 1. The van der Waals surface area contributed by atoms with Gasteiger partial charge in [0.25, 0.3) is 0 Å². The van der Waals surface area contributed by atoms with Gasteiger partial charge in [-0.1, -0.05) is 6.92 Å². The Bertz CT molecular complexity index is 293. The quantitative estimate of drug-likeness (QED) is 0.763. The minimum absolute atomic E-state index is 0.288. The van der Waals surface area contributed by atoms with Gasteiger partial charge in [0.2, 0.25) is 5.91 Å². The zero-order valence-electron chi connectivity index (χ0n) is 7.26. The molecule has 1 aromatic rings. The zero-order valence-corrected chi connectivity index (χ0v) is 8.07. The average molecular weight is 184 g/mol. The number of amides is 1. The molecule has 0 aromatic carbocycles. The van der Waals surface area contributed by atoms with Gasteiger partial charge < -0.3 is 5.73 Å². The van der Waals surface area contributed by atoms with E-state index in [0.29, 0.717) is 6.42 Å². The molecule has 0 fully saturated rings. The van der Waals surface area contributed by atoms with Gasteiger partial charge in [0.05, 0.1) is 17.1 Å². The third-order valence-corrected chi connectivity index (χ3v) is 2.88. The number of aryl methyl sites for hydroxylation is 2. The summed E-state index contributed by atoms with van der Waals surface area (Å²) in [5, 5.41) is 1.07. The number of nitrogens with two attached hydrogens (primary N) is 1. The average Bonchev–Trinajstić information content (AvgIpc) is 2.31.